The van der Waals surface area contributed by atoms with Gasteiger partial charge in [0.1, 0.15) is 11.2 Å². The Bertz CT molecular complexity index is 4720. The van der Waals surface area contributed by atoms with Gasteiger partial charge in [0.25, 0.3) is 0 Å². The van der Waals surface area contributed by atoms with Crippen molar-refractivity contribution in [1.82, 2.24) is 4.48 Å². The van der Waals surface area contributed by atoms with Crippen molar-refractivity contribution in [1.29, 1.82) is 0 Å². The SMILES string of the molecule is CC(C)(C)c1ccc(N2c3cc4oc5cc6ccccc6cc5c4cc3B3c4c(cc5c(sc6ccccc65)c42)-c2cc(C45CC6CC(CC(C6)C4)C5)cc4c5cc(C67CC8CC(CC(C8)C6)C7)ccc5n3c24)c(-c2ccccc2)c1. The molecule has 0 atom stereocenters. The number of furan rings is 1. The summed E-state index contributed by atoms with van der Waals surface area (Å²) >= 11 is 1.99. The van der Waals surface area contributed by atoms with Gasteiger partial charge >= 0.3 is 6.85 Å². The Morgan fingerprint density at radius 3 is 1.84 bits per heavy atom. The van der Waals surface area contributed by atoms with Crippen molar-refractivity contribution in [3.8, 4) is 22.3 Å². The number of thiophene rings is 1. The summed E-state index contributed by atoms with van der Waals surface area (Å²) in [6, 6.07) is 62.8. The van der Waals surface area contributed by atoms with Crippen molar-refractivity contribution in [2.45, 2.75) is 114 Å². The fourth-order valence-corrected chi connectivity index (χ4v) is 21.8. The van der Waals surface area contributed by atoms with E-state index in [1.54, 1.807) is 11.1 Å². The summed E-state index contributed by atoms with van der Waals surface area (Å²) in [6.07, 6.45) is 16.9. The molecule has 0 amide bonds. The second-order valence-electron chi connectivity index (χ2n) is 28.9. The van der Waals surface area contributed by atoms with Gasteiger partial charge in [0.15, 0.2) is 0 Å². The van der Waals surface area contributed by atoms with Crippen molar-refractivity contribution in [2.75, 3.05) is 4.90 Å². The van der Waals surface area contributed by atoms with E-state index in [1.165, 1.54) is 196 Å². The molecule has 2 aliphatic heterocycles. The quantitative estimate of drug-likeness (QED) is 0.164. The van der Waals surface area contributed by atoms with E-state index in [0.717, 1.165) is 46.7 Å². The molecule has 12 aromatic rings. The first-order chi connectivity index (χ1) is 39.6. The molecule has 0 unspecified atom stereocenters. The van der Waals surface area contributed by atoms with Crippen LogP contribution in [0.5, 0.6) is 0 Å². The van der Waals surface area contributed by atoms with Crippen molar-refractivity contribution in [2.24, 2.45) is 35.5 Å². The molecule has 81 heavy (non-hydrogen) atoms. The Labute approximate surface area is 478 Å². The maximum atomic E-state index is 7.19. The minimum absolute atomic E-state index is 0.0455. The summed E-state index contributed by atoms with van der Waals surface area (Å²) in [5.74, 6) is 5.27. The fraction of sp³-hybridized carbons (Fsp3) is 0.316. The maximum absolute atomic E-state index is 7.19. The molecule has 0 N–H and O–H groups in total. The van der Waals surface area contributed by atoms with E-state index in [0.29, 0.717) is 5.41 Å². The molecule has 0 spiro atoms. The molecule has 8 fully saturated rings. The lowest BCUT2D eigenvalue weighted by Gasteiger charge is -2.57. The molecular formula is C76H65BN2OS. The highest BCUT2D eigenvalue weighted by molar-refractivity contribution is 7.26. The number of benzene rings is 9. The lowest BCUT2D eigenvalue weighted by atomic mass is 9.44. The molecule has 3 aromatic heterocycles. The first-order valence-corrected chi connectivity index (χ1v) is 31.9. The van der Waals surface area contributed by atoms with Crippen LogP contribution < -0.4 is 15.8 Å². The van der Waals surface area contributed by atoms with E-state index >= 15 is 0 Å². The van der Waals surface area contributed by atoms with Gasteiger partial charge in [-0.15, -0.1) is 11.3 Å². The van der Waals surface area contributed by atoms with Crippen LogP contribution in [0.15, 0.2) is 162 Å². The Morgan fingerprint density at radius 1 is 0.494 bits per heavy atom. The van der Waals surface area contributed by atoms with Crippen LogP contribution in [-0.4, -0.2) is 11.3 Å². The first-order valence-electron chi connectivity index (χ1n) is 31.1. The zero-order valence-electron chi connectivity index (χ0n) is 46.7. The molecule has 8 bridgehead atoms. The lowest BCUT2D eigenvalue weighted by Crippen LogP contribution is -2.56. The summed E-state index contributed by atoms with van der Waals surface area (Å²) < 4.78 is 12.8. The van der Waals surface area contributed by atoms with Crippen LogP contribution in [0.4, 0.5) is 17.1 Å². The fourth-order valence-electron chi connectivity index (χ4n) is 20.6. The van der Waals surface area contributed by atoms with Gasteiger partial charge in [-0.3, -0.25) is 0 Å². The summed E-state index contributed by atoms with van der Waals surface area (Å²) in [5, 5.41) is 10.5. The van der Waals surface area contributed by atoms with Crippen molar-refractivity contribution >= 4 is 121 Å². The molecule has 10 aliphatic rings. The van der Waals surface area contributed by atoms with Gasteiger partial charge < -0.3 is 13.8 Å². The lowest BCUT2D eigenvalue weighted by molar-refractivity contribution is -0.00527. The van der Waals surface area contributed by atoms with Crippen molar-refractivity contribution in [3.05, 3.63) is 174 Å². The Hall–Kier alpha value is -7.08. The van der Waals surface area contributed by atoms with Gasteiger partial charge in [-0.1, -0.05) is 112 Å². The van der Waals surface area contributed by atoms with E-state index in [4.69, 9.17) is 4.42 Å². The second-order valence-corrected chi connectivity index (χ2v) is 29.9. The third-order valence-corrected chi connectivity index (χ3v) is 24.3. The monoisotopic (exact) mass is 1060 g/mol. The highest BCUT2D eigenvalue weighted by atomic mass is 32.1. The summed E-state index contributed by atoms with van der Waals surface area (Å²) in [6.45, 7) is 6.98. The van der Waals surface area contributed by atoms with E-state index in [9.17, 15) is 0 Å². The predicted octanol–water partition coefficient (Wildman–Crippen LogP) is 19.5. The number of nitrogens with zero attached hydrogens (tertiary/aromatic N) is 2. The smallest absolute Gasteiger partial charge is 0.333 e. The van der Waals surface area contributed by atoms with Crippen LogP contribution >= 0.6 is 11.3 Å². The molecule has 8 saturated carbocycles. The predicted molar refractivity (Wildman–Crippen MR) is 341 cm³/mol. The van der Waals surface area contributed by atoms with Crippen LogP contribution in [0.1, 0.15) is 115 Å². The summed E-state index contributed by atoms with van der Waals surface area (Å²) in [5.41, 5.74) is 21.7. The van der Waals surface area contributed by atoms with Gasteiger partial charge in [-0.2, -0.15) is 0 Å². The highest BCUT2D eigenvalue weighted by Gasteiger charge is 2.54. The van der Waals surface area contributed by atoms with E-state index in [1.807, 2.05) is 11.3 Å². The van der Waals surface area contributed by atoms with Crippen LogP contribution in [0.3, 0.4) is 0 Å². The zero-order valence-corrected chi connectivity index (χ0v) is 47.6. The molecule has 394 valence electrons. The molecule has 8 aliphatic carbocycles. The zero-order chi connectivity index (χ0) is 53.0. The Morgan fingerprint density at radius 2 is 1.12 bits per heavy atom. The van der Waals surface area contributed by atoms with Crippen molar-refractivity contribution < 1.29 is 4.42 Å². The molecule has 0 radical (unpaired) electrons. The number of rotatable bonds is 4. The Balaban J connectivity index is 0.948. The van der Waals surface area contributed by atoms with Gasteiger partial charge in [-0.05, 0) is 239 Å². The molecule has 22 rings (SSSR count). The van der Waals surface area contributed by atoms with Gasteiger partial charge in [-0.25, -0.2) is 0 Å². The number of hydrogen-bond donors (Lipinski definition) is 0. The number of anilines is 3. The van der Waals surface area contributed by atoms with Gasteiger partial charge in [0.05, 0.1) is 16.1 Å². The summed E-state index contributed by atoms with van der Waals surface area (Å²) in [7, 11) is 0. The maximum Gasteiger partial charge on any atom is 0.333 e. The first kappa shape index (κ1) is 45.5. The molecular weight excluding hydrogens is 1000 g/mol. The average molecular weight is 1070 g/mol. The Kier molecular flexibility index (Phi) is 8.72. The molecule has 9 aromatic carbocycles. The second kappa shape index (κ2) is 15.5. The highest BCUT2D eigenvalue weighted by Crippen LogP contribution is 2.64. The molecule has 0 saturated heterocycles. The van der Waals surface area contributed by atoms with E-state index < -0.39 is 0 Å². The summed E-state index contributed by atoms with van der Waals surface area (Å²) in [4.78, 5) is 2.74. The molecule has 3 nitrogen and oxygen atoms in total. The number of fused-ring (bicyclic) bond motifs is 15. The third kappa shape index (κ3) is 6.12. The number of hydrogen-bond acceptors (Lipinski definition) is 3. The average Bonchev–Trinajstić information content (AvgIpc) is 2.04. The minimum atomic E-state index is -0.0945. The van der Waals surface area contributed by atoms with Crippen LogP contribution in [0.25, 0.3) is 96.9 Å². The molecule has 5 heterocycles. The molecule has 5 heteroatoms. The van der Waals surface area contributed by atoms with Crippen molar-refractivity contribution in [3.63, 3.8) is 0 Å². The van der Waals surface area contributed by atoms with Crippen LogP contribution in [0, 0.1) is 35.5 Å². The van der Waals surface area contributed by atoms with Gasteiger partial charge in [0, 0.05) is 70.9 Å². The largest absolute Gasteiger partial charge is 0.456 e. The third-order valence-electron chi connectivity index (χ3n) is 23.1. The standard InChI is InChI=1S/C76H65BN2OS/c1-74(2,3)51-17-19-64(55(29-51)48-11-5-4-6-12-48)78-66-35-68-58(57-27-49-13-7-8-14-50(49)28-67(57)80-68)34-63(66)77-70-59(33-62-54-15-9-10-16-69(54)81-73(62)72(70)78)61-32-53(76-39-45-24-46(40-76)26-47(25-45)41-76)31-60-56-30-52(18-20-65(56)79(77)71(60)61)75-36-42-21-43(37-75)23-44(22-42)38-75/h4-20,27-35,42-47H,21-26,36-41H2,1-3H3. The van der Waals surface area contributed by atoms with E-state index in [-0.39, 0.29) is 17.7 Å². The van der Waals surface area contributed by atoms with Crippen LogP contribution in [0.2, 0.25) is 0 Å². The van der Waals surface area contributed by atoms with E-state index in [2.05, 4.69) is 188 Å². The normalized spacial score (nSPS) is 26.7. The minimum Gasteiger partial charge on any atom is -0.456 e. The topological polar surface area (TPSA) is 21.3 Å². The van der Waals surface area contributed by atoms with Gasteiger partial charge in [0.2, 0.25) is 0 Å². The number of aromatic nitrogens is 1. The van der Waals surface area contributed by atoms with Crippen LogP contribution in [-0.2, 0) is 16.2 Å².